The lowest BCUT2D eigenvalue weighted by atomic mass is 9.79. The van der Waals surface area contributed by atoms with Crippen molar-refractivity contribution in [2.45, 2.75) is 45.6 Å². The SMILES string of the molecule is CCNC(=O)CCNC(=O)C1CC(C)CCC1N. The molecule has 2 amide bonds. The molecule has 0 aromatic carbocycles. The molecule has 1 aliphatic carbocycles. The minimum absolute atomic E-state index is 0.00153. The van der Waals surface area contributed by atoms with Gasteiger partial charge in [0.15, 0.2) is 0 Å². The van der Waals surface area contributed by atoms with Crippen molar-refractivity contribution < 1.29 is 9.59 Å². The topological polar surface area (TPSA) is 84.2 Å². The van der Waals surface area contributed by atoms with E-state index in [1.807, 2.05) is 6.92 Å². The fraction of sp³-hybridized carbons (Fsp3) is 0.846. The van der Waals surface area contributed by atoms with Crippen molar-refractivity contribution in [1.29, 1.82) is 0 Å². The molecule has 0 bridgehead atoms. The first kappa shape index (κ1) is 15.0. The fourth-order valence-corrected chi connectivity index (χ4v) is 2.42. The Bertz CT molecular complexity index is 294. The second-order valence-corrected chi connectivity index (χ2v) is 5.18. The van der Waals surface area contributed by atoms with Crippen molar-refractivity contribution in [2.75, 3.05) is 13.1 Å². The molecular formula is C13H25N3O2. The van der Waals surface area contributed by atoms with Crippen molar-refractivity contribution in [3.8, 4) is 0 Å². The minimum atomic E-state index is -0.0945. The molecule has 0 spiro atoms. The van der Waals surface area contributed by atoms with Crippen LogP contribution in [-0.4, -0.2) is 30.9 Å². The standard InChI is InChI=1S/C13H25N3O2/c1-3-15-12(17)6-7-16-13(18)10-8-9(2)4-5-11(10)14/h9-11H,3-8,14H2,1-2H3,(H,15,17)(H,16,18). The molecule has 0 aromatic heterocycles. The number of hydrogen-bond donors (Lipinski definition) is 3. The van der Waals surface area contributed by atoms with E-state index in [9.17, 15) is 9.59 Å². The van der Waals surface area contributed by atoms with Crippen molar-refractivity contribution in [2.24, 2.45) is 17.6 Å². The third kappa shape index (κ3) is 4.64. The zero-order chi connectivity index (χ0) is 13.5. The predicted molar refractivity (Wildman–Crippen MR) is 70.8 cm³/mol. The fourth-order valence-electron chi connectivity index (χ4n) is 2.42. The van der Waals surface area contributed by atoms with Crippen LogP contribution >= 0.6 is 0 Å². The maximum absolute atomic E-state index is 12.0. The summed E-state index contributed by atoms with van der Waals surface area (Å²) in [6.07, 6.45) is 3.20. The van der Waals surface area contributed by atoms with Crippen LogP contribution in [0.5, 0.6) is 0 Å². The van der Waals surface area contributed by atoms with Gasteiger partial charge in [-0.15, -0.1) is 0 Å². The molecule has 1 saturated carbocycles. The average molecular weight is 255 g/mol. The molecule has 5 nitrogen and oxygen atoms in total. The second-order valence-electron chi connectivity index (χ2n) is 5.18. The van der Waals surface area contributed by atoms with E-state index in [2.05, 4.69) is 17.6 Å². The highest BCUT2D eigenvalue weighted by molar-refractivity contribution is 5.81. The molecule has 18 heavy (non-hydrogen) atoms. The summed E-state index contributed by atoms with van der Waals surface area (Å²) < 4.78 is 0. The van der Waals surface area contributed by atoms with Gasteiger partial charge in [0.25, 0.3) is 0 Å². The van der Waals surface area contributed by atoms with Crippen LogP contribution in [0.3, 0.4) is 0 Å². The first-order valence-electron chi connectivity index (χ1n) is 6.84. The Morgan fingerprint density at radius 3 is 2.67 bits per heavy atom. The van der Waals surface area contributed by atoms with Crippen LogP contribution in [0.25, 0.3) is 0 Å². The van der Waals surface area contributed by atoms with E-state index < -0.39 is 0 Å². The molecule has 0 aliphatic heterocycles. The van der Waals surface area contributed by atoms with E-state index in [1.165, 1.54) is 0 Å². The third-order valence-corrected chi connectivity index (χ3v) is 3.53. The van der Waals surface area contributed by atoms with Gasteiger partial charge in [-0.05, 0) is 32.1 Å². The minimum Gasteiger partial charge on any atom is -0.356 e. The van der Waals surface area contributed by atoms with Crippen LogP contribution in [0.1, 0.15) is 39.5 Å². The highest BCUT2D eigenvalue weighted by Gasteiger charge is 2.31. The zero-order valence-corrected chi connectivity index (χ0v) is 11.4. The van der Waals surface area contributed by atoms with Gasteiger partial charge in [-0.1, -0.05) is 6.92 Å². The summed E-state index contributed by atoms with van der Waals surface area (Å²) in [5.41, 5.74) is 5.98. The lowest BCUT2D eigenvalue weighted by Crippen LogP contribution is -2.45. The van der Waals surface area contributed by atoms with Crippen LogP contribution in [-0.2, 0) is 9.59 Å². The largest absolute Gasteiger partial charge is 0.356 e. The van der Waals surface area contributed by atoms with Gasteiger partial charge in [0.2, 0.25) is 11.8 Å². The van der Waals surface area contributed by atoms with Crippen molar-refractivity contribution in [1.82, 2.24) is 10.6 Å². The molecule has 1 fully saturated rings. The van der Waals surface area contributed by atoms with E-state index in [4.69, 9.17) is 5.73 Å². The van der Waals surface area contributed by atoms with Crippen LogP contribution in [0, 0.1) is 11.8 Å². The third-order valence-electron chi connectivity index (χ3n) is 3.53. The summed E-state index contributed by atoms with van der Waals surface area (Å²) in [5.74, 6) is 0.435. The monoisotopic (exact) mass is 255 g/mol. The van der Waals surface area contributed by atoms with Gasteiger partial charge in [-0.25, -0.2) is 0 Å². The summed E-state index contributed by atoms with van der Waals surface area (Å²) in [5, 5.41) is 5.51. The maximum Gasteiger partial charge on any atom is 0.224 e. The molecule has 104 valence electrons. The number of carbonyl (C=O) groups excluding carboxylic acids is 2. The highest BCUT2D eigenvalue weighted by Crippen LogP contribution is 2.27. The van der Waals surface area contributed by atoms with E-state index in [0.717, 1.165) is 19.3 Å². The van der Waals surface area contributed by atoms with E-state index in [0.29, 0.717) is 25.4 Å². The van der Waals surface area contributed by atoms with Crippen LogP contribution in [0.15, 0.2) is 0 Å². The Labute approximate surface area is 109 Å². The van der Waals surface area contributed by atoms with Gasteiger partial charge >= 0.3 is 0 Å². The molecule has 0 aromatic rings. The number of rotatable bonds is 5. The summed E-state index contributed by atoms with van der Waals surface area (Å²) >= 11 is 0. The van der Waals surface area contributed by atoms with Crippen LogP contribution in [0.2, 0.25) is 0 Å². The smallest absolute Gasteiger partial charge is 0.224 e. The lowest BCUT2D eigenvalue weighted by molar-refractivity contribution is -0.127. The van der Waals surface area contributed by atoms with Gasteiger partial charge in [0.05, 0.1) is 5.92 Å². The number of nitrogens with one attached hydrogen (secondary N) is 2. The van der Waals surface area contributed by atoms with Gasteiger partial charge in [0, 0.05) is 25.6 Å². The Kier molecular flexibility index (Phi) is 6.12. The molecule has 0 heterocycles. The van der Waals surface area contributed by atoms with Crippen LogP contribution in [0.4, 0.5) is 0 Å². The second kappa shape index (κ2) is 7.36. The number of hydrogen-bond acceptors (Lipinski definition) is 3. The Hall–Kier alpha value is -1.10. The quantitative estimate of drug-likeness (QED) is 0.664. The number of carbonyl (C=O) groups is 2. The average Bonchev–Trinajstić information content (AvgIpc) is 2.32. The van der Waals surface area contributed by atoms with Gasteiger partial charge < -0.3 is 16.4 Å². The summed E-state index contributed by atoms with van der Waals surface area (Å²) in [4.78, 5) is 23.2. The predicted octanol–water partition coefficient (Wildman–Crippen LogP) is 0.392. The van der Waals surface area contributed by atoms with Gasteiger partial charge in [-0.2, -0.15) is 0 Å². The molecule has 4 N–H and O–H groups in total. The Morgan fingerprint density at radius 2 is 2.00 bits per heavy atom. The zero-order valence-electron chi connectivity index (χ0n) is 11.4. The maximum atomic E-state index is 12.0. The summed E-state index contributed by atoms with van der Waals surface area (Å²) in [7, 11) is 0. The molecule has 1 aliphatic rings. The Morgan fingerprint density at radius 1 is 1.28 bits per heavy atom. The molecule has 5 heteroatoms. The van der Waals surface area contributed by atoms with E-state index in [1.54, 1.807) is 0 Å². The van der Waals surface area contributed by atoms with Crippen molar-refractivity contribution in [3.63, 3.8) is 0 Å². The normalized spacial score (nSPS) is 27.6. The highest BCUT2D eigenvalue weighted by atomic mass is 16.2. The van der Waals surface area contributed by atoms with Crippen molar-refractivity contribution >= 4 is 11.8 Å². The summed E-state index contributed by atoms with van der Waals surface area (Å²) in [6, 6.07) is -0.0364. The molecule has 0 radical (unpaired) electrons. The first-order chi connectivity index (χ1) is 8.54. The van der Waals surface area contributed by atoms with Crippen molar-refractivity contribution in [3.05, 3.63) is 0 Å². The molecule has 1 rings (SSSR count). The van der Waals surface area contributed by atoms with Crippen LogP contribution < -0.4 is 16.4 Å². The number of amides is 2. The molecule has 3 atom stereocenters. The first-order valence-corrected chi connectivity index (χ1v) is 6.84. The number of nitrogens with two attached hydrogens (primary N) is 1. The molecule has 0 saturated heterocycles. The van der Waals surface area contributed by atoms with Gasteiger partial charge in [0.1, 0.15) is 0 Å². The molecule has 3 unspecified atom stereocenters. The summed E-state index contributed by atoms with van der Waals surface area (Å²) in [6.45, 7) is 5.04. The molecular weight excluding hydrogens is 230 g/mol. The lowest BCUT2D eigenvalue weighted by Gasteiger charge is -2.31. The van der Waals surface area contributed by atoms with E-state index in [-0.39, 0.29) is 23.8 Å². The Balaban J connectivity index is 2.29. The van der Waals surface area contributed by atoms with Gasteiger partial charge in [-0.3, -0.25) is 9.59 Å². The van der Waals surface area contributed by atoms with E-state index >= 15 is 0 Å².